The predicted molar refractivity (Wildman–Crippen MR) is 38.4 cm³/mol. The van der Waals surface area contributed by atoms with Gasteiger partial charge in [0.05, 0.1) is 11.8 Å². The van der Waals surface area contributed by atoms with E-state index in [-0.39, 0.29) is 11.8 Å². The molecule has 0 aromatic carbocycles. The molecular weight excluding hydrogens is 160 g/mol. The number of hydrogen-bond donors (Lipinski definition) is 2. The molecule has 0 bridgehead atoms. The average Bonchev–Trinajstić information content (AvgIpc) is 1.91. The van der Waals surface area contributed by atoms with Crippen molar-refractivity contribution in [2.75, 3.05) is 0 Å². The minimum atomic E-state index is -0.993. The maximum Gasteiger partial charge on any atom is 0.308 e. The van der Waals surface area contributed by atoms with E-state index >= 15 is 0 Å². The highest BCUT2D eigenvalue weighted by Gasteiger charge is 2.58. The zero-order valence-electron chi connectivity index (χ0n) is 6.18. The Morgan fingerprint density at radius 1 is 0.917 bits per heavy atom. The summed E-state index contributed by atoms with van der Waals surface area (Å²) in [4.78, 5) is 21.2. The summed E-state index contributed by atoms with van der Waals surface area (Å²) in [6.07, 6.45) is 3.56. The van der Waals surface area contributed by atoms with Crippen LogP contribution in [0.25, 0.3) is 0 Å². The standard InChI is InChI=1S/C8H8O4/c9-7(10)5-3-1-2-4(3)6(5)8(11)12/h1-6H,(H,9,10)(H,11,12)/t3-,4+,5-,6+. The van der Waals surface area contributed by atoms with E-state index in [2.05, 4.69) is 0 Å². The largest absolute Gasteiger partial charge is 0.481 e. The highest BCUT2D eigenvalue weighted by molar-refractivity contribution is 5.84. The first kappa shape index (κ1) is 7.34. The minimum absolute atomic E-state index is 0.0244. The summed E-state index contributed by atoms with van der Waals surface area (Å²) < 4.78 is 0. The first-order valence-corrected chi connectivity index (χ1v) is 3.77. The highest BCUT2D eigenvalue weighted by Crippen LogP contribution is 2.53. The number of fused-ring (bicyclic) bond motifs is 1. The van der Waals surface area contributed by atoms with Crippen LogP contribution in [0.15, 0.2) is 12.2 Å². The first-order valence-electron chi connectivity index (χ1n) is 3.77. The Balaban J connectivity index is 2.19. The van der Waals surface area contributed by atoms with Crippen molar-refractivity contribution in [1.29, 1.82) is 0 Å². The quantitative estimate of drug-likeness (QED) is 0.578. The fraction of sp³-hybridized carbons (Fsp3) is 0.500. The summed E-state index contributed by atoms with van der Waals surface area (Å²) in [6, 6.07) is 0. The van der Waals surface area contributed by atoms with Crippen molar-refractivity contribution < 1.29 is 19.8 Å². The molecule has 4 nitrogen and oxygen atoms in total. The summed E-state index contributed by atoms with van der Waals surface area (Å²) in [5.74, 6) is -3.43. The van der Waals surface area contributed by atoms with Crippen LogP contribution in [0.1, 0.15) is 0 Å². The van der Waals surface area contributed by atoms with E-state index < -0.39 is 23.8 Å². The van der Waals surface area contributed by atoms with Crippen LogP contribution in [0.4, 0.5) is 0 Å². The molecule has 0 heterocycles. The number of hydrogen-bond acceptors (Lipinski definition) is 2. The van der Waals surface area contributed by atoms with Crippen molar-refractivity contribution >= 4 is 11.9 Å². The van der Waals surface area contributed by atoms with Gasteiger partial charge in [0.25, 0.3) is 0 Å². The molecule has 0 aromatic heterocycles. The van der Waals surface area contributed by atoms with Gasteiger partial charge in [-0.2, -0.15) is 0 Å². The summed E-state index contributed by atoms with van der Waals surface area (Å²) >= 11 is 0. The SMILES string of the molecule is O=C(O)[C@@H]1[C@@H]2C=C[C@@H]2[C@@H]1C(=O)O. The Bertz CT molecular complexity index is 253. The Morgan fingerprint density at radius 3 is 1.42 bits per heavy atom. The van der Waals surface area contributed by atoms with Crippen LogP contribution in [-0.2, 0) is 9.59 Å². The lowest BCUT2D eigenvalue weighted by molar-refractivity contribution is -0.170. The molecule has 2 aliphatic rings. The van der Waals surface area contributed by atoms with Gasteiger partial charge in [-0.05, 0) is 11.8 Å². The second kappa shape index (κ2) is 2.09. The number of carboxylic acid groups (broad SMARTS) is 2. The molecule has 4 heteroatoms. The zero-order valence-corrected chi connectivity index (χ0v) is 6.18. The second-order valence-corrected chi connectivity index (χ2v) is 3.27. The molecule has 64 valence electrons. The topological polar surface area (TPSA) is 74.6 Å². The van der Waals surface area contributed by atoms with Gasteiger partial charge >= 0.3 is 11.9 Å². The van der Waals surface area contributed by atoms with E-state index in [1.54, 1.807) is 12.2 Å². The average molecular weight is 168 g/mol. The van der Waals surface area contributed by atoms with Crippen molar-refractivity contribution in [1.82, 2.24) is 0 Å². The van der Waals surface area contributed by atoms with Crippen molar-refractivity contribution in [3.05, 3.63) is 12.2 Å². The van der Waals surface area contributed by atoms with Gasteiger partial charge in [-0.15, -0.1) is 0 Å². The molecule has 0 spiro atoms. The van der Waals surface area contributed by atoms with Gasteiger partial charge < -0.3 is 10.2 Å². The van der Waals surface area contributed by atoms with Gasteiger partial charge in [-0.25, -0.2) is 0 Å². The number of allylic oxidation sites excluding steroid dienone is 2. The molecule has 0 aromatic rings. The van der Waals surface area contributed by atoms with Crippen LogP contribution < -0.4 is 0 Å². The third kappa shape index (κ3) is 0.668. The lowest BCUT2D eigenvalue weighted by Crippen LogP contribution is -2.56. The maximum atomic E-state index is 10.6. The first-order chi connectivity index (χ1) is 5.63. The molecule has 0 saturated heterocycles. The van der Waals surface area contributed by atoms with E-state index in [9.17, 15) is 9.59 Å². The van der Waals surface area contributed by atoms with Crippen LogP contribution in [0.3, 0.4) is 0 Å². The fourth-order valence-corrected chi connectivity index (χ4v) is 2.06. The van der Waals surface area contributed by atoms with Crippen molar-refractivity contribution in [2.45, 2.75) is 0 Å². The summed E-state index contributed by atoms with van der Waals surface area (Å²) in [7, 11) is 0. The Hall–Kier alpha value is -1.32. The number of aliphatic carboxylic acids is 2. The Kier molecular flexibility index (Phi) is 1.28. The smallest absolute Gasteiger partial charge is 0.308 e. The van der Waals surface area contributed by atoms with E-state index in [1.165, 1.54) is 0 Å². The summed E-state index contributed by atoms with van der Waals surface area (Å²) in [5, 5.41) is 17.4. The van der Waals surface area contributed by atoms with Crippen LogP contribution in [0.2, 0.25) is 0 Å². The van der Waals surface area contributed by atoms with Crippen molar-refractivity contribution in [3.63, 3.8) is 0 Å². The van der Waals surface area contributed by atoms with E-state index in [0.717, 1.165) is 0 Å². The lowest BCUT2D eigenvalue weighted by Gasteiger charge is -2.50. The third-order valence-corrected chi connectivity index (χ3v) is 2.79. The van der Waals surface area contributed by atoms with Gasteiger partial charge in [0.1, 0.15) is 0 Å². The summed E-state index contributed by atoms with van der Waals surface area (Å²) in [5.41, 5.74) is 0. The lowest BCUT2D eigenvalue weighted by atomic mass is 9.51. The third-order valence-electron chi connectivity index (χ3n) is 2.79. The van der Waals surface area contributed by atoms with Crippen LogP contribution in [0, 0.1) is 23.7 Å². The maximum absolute atomic E-state index is 10.6. The van der Waals surface area contributed by atoms with Crippen molar-refractivity contribution in [3.8, 4) is 0 Å². The molecule has 12 heavy (non-hydrogen) atoms. The van der Waals surface area contributed by atoms with Gasteiger partial charge in [0, 0.05) is 0 Å². The Morgan fingerprint density at radius 2 is 1.25 bits per heavy atom. The molecule has 0 unspecified atom stereocenters. The molecule has 2 N–H and O–H groups in total. The van der Waals surface area contributed by atoms with E-state index in [4.69, 9.17) is 10.2 Å². The molecule has 0 amide bonds. The van der Waals surface area contributed by atoms with E-state index in [0.29, 0.717) is 0 Å². The van der Waals surface area contributed by atoms with Gasteiger partial charge in [-0.1, -0.05) is 12.2 Å². The van der Waals surface area contributed by atoms with Gasteiger partial charge in [0.2, 0.25) is 0 Å². The normalized spacial score (nSPS) is 42.3. The molecular formula is C8H8O4. The highest BCUT2D eigenvalue weighted by atomic mass is 16.4. The molecule has 1 saturated carbocycles. The van der Waals surface area contributed by atoms with E-state index in [1.807, 2.05) is 0 Å². The minimum Gasteiger partial charge on any atom is -0.481 e. The monoisotopic (exact) mass is 168 g/mol. The van der Waals surface area contributed by atoms with Crippen molar-refractivity contribution in [2.24, 2.45) is 23.7 Å². The molecule has 0 aliphatic heterocycles. The summed E-state index contributed by atoms with van der Waals surface area (Å²) in [6.45, 7) is 0. The predicted octanol–water partition coefficient (Wildman–Crippen LogP) is 0.204. The fourth-order valence-electron chi connectivity index (χ4n) is 2.06. The number of carbonyl (C=O) groups is 2. The Labute approximate surface area is 68.5 Å². The van der Waals surface area contributed by atoms with Crippen LogP contribution >= 0.6 is 0 Å². The second-order valence-electron chi connectivity index (χ2n) is 3.27. The number of rotatable bonds is 2. The molecule has 2 aliphatic carbocycles. The molecule has 2 rings (SSSR count). The van der Waals surface area contributed by atoms with Crippen LogP contribution in [0.5, 0.6) is 0 Å². The van der Waals surface area contributed by atoms with Gasteiger partial charge in [-0.3, -0.25) is 9.59 Å². The molecule has 1 fully saturated rings. The molecule has 0 radical (unpaired) electrons. The zero-order chi connectivity index (χ0) is 8.88. The molecule has 4 atom stereocenters. The number of carboxylic acids is 2. The van der Waals surface area contributed by atoms with Gasteiger partial charge in [0.15, 0.2) is 0 Å². The van der Waals surface area contributed by atoms with Crippen LogP contribution in [-0.4, -0.2) is 22.2 Å².